The van der Waals surface area contributed by atoms with E-state index < -0.39 is 0 Å². The Labute approximate surface area is 525 Å². The molecule has 3 unspecified atom stereocenters. The van der Waals surface area contributed by atoms with Gasteiger partial charge in [0.15, 0.2) is 0 Å². The summed E-state index contributed by atoms with van der Waals surface area (Å²) in [4.78, 5) is 19.6. The van der Waals surface area contributed by atoms with Crippen LogP contribution in [0.3, 0.4) is 0 Å². The molecule has 494 valence electrons. The van der Waals surface area contributed by atoms with Crippen LogP contribution in [0, 0.1) is 17.8 Å². The minimum Gasteiger partial charge on any atom is -0.356 e. The van der Waals surface area contributed by atoms with Gasteiger partial charge in [-0.05, 0) is 115 Å². The molecule has 0 aliphatic heterocycles. The van der Waals surface area contributed by atoms with Gasteiger partial charge in [-0.2, -0.15) is 0 Å². The number of nitrogens with zero attached hydrogens (tertiary/aromatic N) is 2. The number of unbranched alkanes of at least 4 members (excludes halogenated alkanes) is 52. The van der Waals surface area contributed by atoms with E-state index in [2.05, 4.69) is 55.5 Å². The van der Waals surface area contributed by atoms with E-state index in [1.807, 2.05) is 0 Å². The molecule has 1 amide bonds. The van der Waals surface area contributed by atoms with Crippen molar-refractivity contribution in [1.29, 1.82) is 0 Å². The molecule has 0 aromatic rings. The fraction of sp³-hybridized carbons (Fsp3) is 0.962. The van der Waals surface area contributed by atoms with E-state index >= 15 is 0 Å². The Kier molecular flexibility index (Phi) is 64.8. The second-order valence-corrected chi connectivity index (χ2v) is 28.1. The Bertz CT molecular complexity index is 1190. The number of carbonyl (C=O) groups excluding carboxylic acids is 1. The maximum atomic E-state index is 13.9. The van der Waals surface area contributed by atoms with E-state index in [1.54, 1.807) is 0 Å². The predicted molar refractivity (Wildman–Crippen MR) is 376 cm³/mol. The highest BCUT2D eigenvalue weighted by molar-refractivity contribution is 5.78. The highest BCUT2D eigenvalue weighted by atomic mass is 16.1. The Morgan fingerprint density at radius 2 is 0.542 bits per heavy atom. The molecule has 4 nitrogen and oxygen atoms in total. The minimum absolute atomic E-state index is 0.154. The maximum Gasteiger partial charge on any atom is 0.223 e. The lowest BCUT2D eigenvalue weighted by molar-refractivity contribution is -0.126. The zero-order chi connectivity index (χ0) is 59.7. The first kappa shape index (κ1) is 80.1. The third-order valence-electron chi connectivity index (χ3n) is 19.9. The highest BCUT2D eigenvalue weighted by Gasteiger charge is 2.31. The number of amides is 1. The van der Waals surface area contributed by atoms with Crippen molar-refractivity contribution in [2.45, 2.75) is 426 Å². The van der Waals surface area contributed by atoms with Crippen LogP contribution in [0.1, 0.15) is 426 Å². The monoisotopic (exact) mass is 1160 g/mol. The van der Waals surface area contributed by atoms with Gasteiger partial charge in [-0.3, -0.25) is 4.79 Å². The Balaban J connectivity index is 2.57. The molecular weight excluding hydrogens is 1010 g/mol. The van der Waals surface area contributed by atoms with Crippen LogP contribution in [0.5, 0.6) is 0 Å². The van der Waals surface area contributed by atoms with Gasteiger partial charge in [0.25, 0.3) is 0 Å². The molecule has 83 heavy (non-hydrogen) atoms. The molecule has 1 saturated carbocycles. The smallest absolute Gasteiger partial charge is 0.223 e. The molecular formula is C79H157N3O. The van der Waals surface area contributed by atoms with E-state index in [-0.39, 0.29) is 5.92 Å². The fourth-order valence-corrected chi connectivity index (χ4v) is 14.2. The van der Waals surface area contributed by atoms with Gasteiger partial charge >= 0.3 is 0 Å². The molecule has 1 N–H and O–H groups in total. The predicted octanol–water partition coefficient (Wildman–Crippen LogP) is 26.0. The Hall–Kier alpha value is -0.870. The number of allylic oxidation sites excluding steroid dienone is 1. The summed E-state index contributed by atoms with van der Waals surface area (Å²) in [7, 11) is 0. The van der Waals surface area contributed by atoms with E-state index in [0.29, 0.717) is 17.7 Å². The largest absolute Gasteiger partial charge is 0.356 e. The summed E-state index contributed by atoms with van der Waals surface area (Å²) in [5.41, 5.74) is 0. The molecule has 1 rings (SSSR count). The topological polar surface area (TPSA) is 35.6 Å². The third kappa shape index (κ3) is 57.3. The van der Waals surface area contributed by atoms with Crippen LogP contribution >= 0.6 is 0 Å². The van der Waals surface area contributed by atoms with Crippen LogP contribution < -0.4 is 5.32 Å². The quantitative estimate of drug-likeness (QED) is 0.0487. The van der Waals surface area contributed by atoms with Gasteiger partial charge in [-0.25, -0.2) is 0 Å². The number of hydrogen-bond acceptors (Lipinski definition) is 3. The lowest BCUT2D eigenvalue weighted by atomic mass is 9.73. The van der Waals surface area contributed by atoms with Gasteiger partial charge in [0.2, 0.25) is 5.91 Å². The zero-order valence-electron chi connectivity index (χ0n) is 58.1. The van der Waals surface area contributed by atoms with Crippen LogP contribution in [0.15, 0.2) is 12.7 Å². The zero-order valence-corrected chi connectivity index (χ0v) is 58.1. The van der Waals surface area contributed by atoms with Gasteiger partial charge in [0, 0.05) is 12.5 Å². The molecule has 1 aliphatic rings. The Morgan fingerprint density at radius 3 is 0.795 bits per heavy atom. The summed E-state index contributed by atoms with van der Waals surface area (Å²) in [6.07, 6.45) is 89.1. The van der Waals surface area contributed by atoms with Gasteiger partial charge in [0.05, 0.1) is 0 Å². The first-order valence-corrected chi connectivity index (χ1v) is 39.4. The molecule has 0 aromatic carbocycles. The number of rotatable bonds is 70. The number of hydrogen-bond donors (Lipinski definition) is 1. The summed E-state index contributed by atoms with van der Waals surface area (Å²) >= 11 is 0. The summed E-state index contributed by atoms with van der Waals surface area (Å²) < 4.78 is 0. The molecule has 1 aliphatic carbocycles. The summed E-state index contributed by atoms with van der Waals surface area (Å²) in [5.74, 6) is 1.63. The minimum atomic E-state index is 0.154. The van der Waals surface area contributed by atoms with Crippen molar-refractivity contribution in [2.75, 3.05) is 45.8 Å². The first-order chi connectivity index (χ1) is 41.1. The van der Waals surface area contributed by atoms with Crippen LogP contribution in [0.25, 0.3) is 0 Å². The van der Waals surface area contributed by atoms with Gasteiger partial charge in [0.1, 0.15) is 0 Å². The molecule has 0 spiro atoms. The third-order valence-corrected chi connectivity index (χ3v) is 19.9. The van der Waals surface area contributed by atoms with E-state index in [0.717, 1.165) is 32.4 Å². The lowest BCUT2D eigenvalue weighted by Gasteiger charge is -2.33. The van der Waals surface area contributed by atoms with Crippen LogP contribution in [-0.4, -0.2) is 61.5 Å². The molecule has 0 aromatic heterocycles. The molecule has 0 bridgehead atoms. The van der Waals surface area contributed by atoms with Gasteiger partial charge < -0.3 is 15.1 Å². The standard InChI is InChI=1S/C79H157N3O/c1-6-11-15-19-23-27-31-35-39-43-47-51-55-59-67-81(68-60-56-52-48-44-40-36-32-28-24-20-16-12-7-2)71-63-65-77-73-76(10-5)74-78(75-77)79(83)80-66-64-72-82(69-61-57-53-49-45-41-37-33-29-25-21-17-13-8-3)70-62-58-54-50-46-42-38-34-30-26-22-18-14-9-4/h10,76-78H,5-9,11-75H2,1-4H3,(H,80,83). The first-order valence-electron chi connectivity index (χ1n) is 39.4. The van der Waals surface area contributed by atoms with Crippen molar-refractivity contribution in [3.8, 4) is 0 Å². The van der Waals surface area contributed by atoms with Crippen molar-refractivity contribution in [3.63, 3.8) is 0 Å². The van der Waals surface area contributed by atoms with Crippen LogP contribution in [0.2, 0.25) is 0 Å². The van der Waals surface area contributed by atoms with E-state index in [9.17, 15) is 4.79 Å². The van der Waals surface area contributed by atoms with Crippen molar-refractivity contribution < 1.29 is 4.79 Å². The normalized spacial score (nSPS) is 15.6. The van der Waals surface area contributed by atoms with Crippen molar-refractivity contribution in [1.82, 2.24) is 15.1 Å². The molecule has 0 saturated heterocycles. The second kappa shape index (κ2) is 67.1. The Morgan fingerprint density at radius 1 is 0.313 bits per heavy atom. The molecule has 4 heteroatoms. The van der Waals surface area contributed by atoms with E-state index in [1.165, 1.54) is 412 Å². The average Bonchev–Trinajstić information content (AvgIpc) is 3.50. The fourth-order valence-electron chi connectivity index (χ4n) is 14.2. The van der Waals surface area contributed by atoms with Crippen LogP contribution in [0.4, 0.5) is 0 Å². The van der Waals surface area contributed by atoms with E-state index in [4.69, 9.17) is 0 Å². The van der Waals surface area contributed by atoms with Gasteiger partial charge in [-0.15, -0.1) is 6.58 Å². The van der Waals surface area contributed by atoms with Gasteiger partial charge in [-0.1, -0.05) is 368 Å². The van der Waals surface area contributed by atoms with Crippen molar-refractivity contribution >= 4 is 5.91 Å². The lowest BCUT2D eigenvalue weighted by Crippen LogP contribution is -2.37. The second-order valence-electron chi connectivity index (χ2n) is 28.1. The van der Waals surface area contributed by atoms with Crippen molar-refractivity contribution in [2.24, 2.45) is 17.8 Å². The van der Waals surface area contributed by atoms with Crippen molar-refractivity contribution in [3.05, 3.63) is 12.7 Å². The molecule has 0 radical (unpaired) electrons. The molecule has 0 heterocycles. The number of carbonyl (C=O) groups is 1. The molecule has 3 atom stereocenters. The summed E-state index contributed by atoms with van der Waals surface area (Å²) in [5, 5.41) is 3.50. The molecule has 1 fully saturated rings. The SMILES string of the molecule is C=CC1CC(CCCN(CCCCCCCCCCCCCCCC)CCCCCCCCCCCCCCCC)CC(C(=O)NCCCN(CCCCCCCCCCCCCCCC)CCCCCCCCCCCCCCCC)C1. The maximum absolute atomic E-state index is 13.9. The number of nitrogens with one attached hydrogen (secondary N) is 1. The van der Waals surface area contributed by atoms with Crippen LogP contribution in [-0.2, 0) is 4.79 Å². The summed E-state index contributed by atoms with van der Waals surface area (Å²) in [6, 6.07) is 0. The summed E-state index contributed by atoms with van der Waals surface area (Å²) in [6.45, 7) is 21.8. The highest BCUT2D eigenvalue weighted by Crippen LogP contribution is 2.37. The average molecular weight is 1170 g/mol.